The van der Waals surface area contributed by atoms with E-state index in [4.69, 9.17) is 10.5 Å². The molecule has 0 aliphatic carbocycles. The Labute approximate surface area is 218 Å². The van der Waals surface area contributed by atoms with Crippen LogP contribution in [0.15, 0.2) is 42.5 Å². The highest BCUT2D eigenvalue weighted by Gasteiger charge is 2.25. The van der Waals surface area contributed by atoms with Gasteiger partial charge in [0.2, 0.25) is 5.78 Å². The first kappa shape index (κ1) is 24.9. The molecule has 12 heteroatoms. The Bertz CT molecular complexity index is 1280. The van der Waals surface area contributed by atoms with Gasteiger partial charge in [0.05, 0.1) is 18.1 Å². The minimum atomic E-state index is -0.462. The second-order valence-corrected chi connectivity index (χ2v) is 10.1. The molecule has 0 amide bonds. The summed E-state index contributed by atoms with van der Waals surface area (Å²) in [6.45, 7) is 6.17. The Balaban J connectivity index is 1.31. The van der Waals surface area contributed by atoms with E-state index < -0.39 is 10.7 Å². The third-order valence-corrected chi connectivity index (χ3v) is 7.62. The molecule has 5 rings (SSSR count). The topological polar surface area (TPSA) is 130 Å². The van der Waals surface area contributed by atoms with E-state index in [-0.39, 0.29) is 21.9 Å². The van der Waals surface area contributed by atoms with Crippen LogP contribution >= 0.6 is 11.3 Å². The number of ether oxygens (including phenoxy) is 1. The number of ketones is 1. The molecule has 3 heterocycles. The lowest BCUT2D eigenvalue weighted by atomic mass is 10.1. The number of aromatic nitrogens is 1. The van der Waals surface area contributed by atoms with Gasteiger partial charge in [0.15, 0.2) is 5.13 Å². The number of benzene rings is 2. The van der Waals surface area contributed by atoms with Crippen molar-refractivity contribution in [2.24, 2.45) is 0 Å². The van der Waals surface area contributed by atoms with Crippen molar-refractivity contribution in [2.75, 3.05) is 80.4 Å². The maximum Gasteiger partial charge on any atom is 0.293 e. The lowest BCUT2D eigenvalue weighted by Crippen LogP contribution is -2.44. The molecule has 2 fully saturated rings. The molecule has 0 saturated carbocycles. The molecule has 3 N–H and O–H groups in total. The molecule has 2 aromatic carbocycles. The molecule has 0 bridgehead atoms. The van der Waals surface area contributed by atoms with E-state index in [1.807, 2.05) is 17.0 Å². The number of nitrogens with zero attached hydrogens (tertiary/aromatic N) is 5. The van der Waals surface area contributed by atoms with Crippen molar-refractivity contribution in [3.8, 4) is 0 Å². The van der Waals surface area contributed by atoms with Crippen molar-refractivity contribution in [1.82, 2.24) is 9.88 Å². The van der Waals surface area contributed by atoms with Crippen LogP contribution in [-0.2, 0) is 4.74 Å². The zero-order valence-electron chi connectivity index (χ0n) is 20.6. The van der Waals surface area contributed by atoms with Crippen molar-refractivity contribution < 1.29 is 14.5 Å². The van der Waals surface area contributed by atoms with Crippen molar-refractivity contribution in [2.45, 2.75) is 0 Å². The van der Waals surface area contributed by atoms with Crippen LogP contribution in [0.2, 0.25) is 0 Å². The predicted molar refractivity (Wildman–Crippen MR) is 146 cm³/mol. The molecule has 0 spiro atoms. The van der Waals surface area contributed by atoms with Gasteiger partial charge in [-0.25, -0.2) is 4.98 Å². The third-order valence-electron chi connectivity index (χ3n) is 6.63. The summed E-state index contributed by atoms with van der Waals surface area (Å²) in [5.41, 5.74) is 8.63. The van der Waals surface area contributed by atoms with E-state index in [1.165, 1.54) is 6.07 Å². The Hall–Kier alpha value is -3.74. The molecule has 194 valence electrons. The van der Waals surface area contributed by atoms with E-state index in [1.54, 1.807) is 12.1 Å². The third kappa shape index (κ3) is 5.50. The second-order valence-electron chi connectivity index (χ2n) is 9.08. The molecular weight excluding hydrogens is 494 g/mol. The van der Waals surface area contributed by atoms with Gasteiger partial charge < -0.3 is 30.5 Å². The van der Waals surface area contributed by atoms with E-state index >= 15 is 0 Å². The largest absolute Gasteiger partial charge is 0.382 e. The first-order valence-corrected chi connectivity index (χ1v) is 12.9. The zero-order chi connectivity index (χ0) is 25.9. The van der Waals surface area contributed by atoms with E-state index in [0.29, 0.717) is 37.1 Å². The average molecular weight is 524 g/mol. The molecule has 2 saturated heterocycles. The molecule has 11 nitrogen and oxygen atoms in total. The van der Waals surface area contributed by atoms with Crippen molar-refractivity contribution in [1.29, 1.82) is 0 Å². The zero-order valence-corrected chi connectivity index (χ0v) is 21.4. The number of nitrogen functional groups attached to an aromatic ring is 1. The summed E-state index contributed by atoms with van der Waals surface area (Å²) in [6.07, 6.45) is 0. The molecule has 2 aliphatic rings. The lowest BCUT2D eigenvalue weighted by Gasteiger charge is -2.34. The van der Waals surface area contributed by atoms with Gasteiger partial charge in [-0.05, 0) is 43.4 Å². The number of nitrogens with one attached hydrogen (secondary N) is 1. The number of thiazole rings is 1. The summed E-state index contributed by atoms with van der Waals surface area (Å²) in [5.74, 6) is -0.309. The number of carbonyl (C=O) groups excluding carboxylic acids is 1. The minimum Gasteiger partial charge on any atom is -0.382 e. The van der Waals surface area contributed by atoms with Crippen LogP contribution in [0, 0.1) is 10.1 Å². The van der Waals surface area contributed by atoms with Crippen LogP contribution in [-0.4, -0.2) is 80.1 Å². The first-order valence-electron chi connectivity index (χ1n) is 12.1. The number of hydrogen-bond donors (Lipinski definition) is 2. The normalized spacial score (nSPS) is 16.6. The number of carbonyl (C=O) groups is 1. The molecule has 2 aliphatic heterocycles. The van der Waals surface area contributed by atoms with Gasteiger partial charge in [0.25, 0.3) is 5.69 Å². The minimum absolute atomic E-state index is 0.0893. The molecule has 37 heavy (non-hydrogen) atoms. The maximum absolute atomic E-state index is 13.2. The van der Waals surface area contributed by atoms with Crippen LogP contribution < -0.4 is 20.9 Å². The summed E-state index contributed by atoms with van der Waals surface area (Å²) in [6, 6.07) is 12.6. The fraction of sp³-hybridized carbons (Fsp3) is 0.360. The smallest absolute Gasteiger partial charge is 0.293 e. The van der Waals surface area contributed by atoms with Crippen LogP contribution in [0.3, 0.4) is 0 Å². The van der Waals surface area contributed by atoms with Crippen LogP contribution in [0.4, 0.5) is 33.7 Å². The summed E-state index contributed by atoms with van der Waals surface area (Å²) in [7, 11) is 2.13. The molecule has 0 atom stereocenters. The SMILES string of the molecule is CN1CCN(c2ccc(Nc3nc(N)c(C(=O)c4ccc(N5CCOCC5)c([N+](=O)[O-])c4)s3)cc2)CC1. The molecule has 1 aromatic heterocycles. The number of piperazine rings is 1. The number of nitro groups is 1. The van der Waals surface area contributed by atoms with Crippen LogP contribution in [0.1, 0.15) is 15.2 Å². The fourth-order valence-corrected chi connectivity index (χ4v) is 5.37. The number of rotatable bonds is 7. The number of nitro benzene ring substituents is 1. The van der Waals surface area contributed by atoms with Gasteiger partial charge >= 0.3 is 0 Å². The Kier molecular flexibility index (Phi) is 7.22. The Morgan fingerprint density at radius 1 is 1.05 bits per heavy atom. The monoisotopic (exact) mass is 523 g/mol. The summed E-state index contributed by atoms with van der Waals surface area (Å²) in [5, 5.41) is 15.5. The average Bonchev–Trinajstić information content (AvgIpc) is 3.29. The van der Waals surface area contributed by atoms with Gasteiger partial charge in [-0.2, -0.15) is 0 Å². The maximum atomic E-state index is 13.2. The van der Waals surface area contributed by atoms with E-state index in [0.717, 1.165) is 48.9 Å². The Morgan fingerprint density at radius 3 is 2.43 bits per heavy atom. The van der Waals surface area contributed by atoms with Gasteiger partial charge in [-0.1, -0.05) is 11.3 Å². The quantitative estimate of drug-likeness (QED) is 0.270. The highest BCUT2D eigenvalue weighted by atomic mass is 32.1. The summed E-state index contributed by atoms with van der Waals surface area (Å²) in [4.78, 5) is 35.7. The van der Waals surface area contributed by atoms with E-state index in [2.05, 4.69) is 39.3 Å². The van der Waals surface area contributed by atoms with Crippen LogP contribution in [0.25, 0.3) is 0 Å². The second kappa shape index (κ2) is 10.7. The predicted octanol–water partition coefficient (Wildman–Crippen LogP) is 3.20. The molecular formula is C25H29N7O4S. The molecule has 3 aromatic rings. The van der Waals surface area contributed by atoms with Gasteiger partial charge in [-0.3, -0.25) is 14.9 Å². The van der Waals surface area contributed by atoms with Crippen molar-refractivity contribution in [3.05, 3.63) is 63.0 Å². The first-order chi connectivity index (χ1) is 17.9. The number of nitrogens with two attached hydrogens (primary N) is 1. The van der Waals surface area contributed by atoms with Gasteiger partial charge in [0.1, 0.15) is 16.4 Å². The highest BCUT2D eigenvalue weighted by molar-refractivity contribution is 7.18. The van der Waals surface area contributed by atoms with Crippen LogP contribution in [0.5, 0.6) is 0 Å². The van der Waals surface area contributed by atoms with Gasteiger partial charge in [-0.15, -0.1) is 0 Å². The van der Waals surface area contributed by atoms with E-state index in [9.17, 15) is 14.9 Å². The number of likely N-dealkylation sites (N-methyl/N-ethyl adjacent to an activating group) is 1. The molecule has 0 radical (unpaired) electrons. The standard InChI is InChI=1S/C25H29N7O4S/c1-29-8-10-30(11-9-29)19-5-3-18(4-6-19)27-25-28-24(26)23(37-25)22(33)17-2-7-20(21(16-17)32(34)35)31-12-14-36-15-13-31/h2-7,16H,8-15,26H2,1H3,(H,27,28). The number of anilines is 5. The number of hydrogen-bond acceptors (Lipinski definition) is 11. The van der Waals surface area contributed by atoms with Gasteiger partial charge in [0, 0.05) is 62.3 Å². The van der Waals surface area contributed by atoms with Crippen molar-refractivity contribution >= 4 is 50.8 Å². The highest BCUT2D eigenvalue weighted by Crippen LogP contribution is 2.34. The Morgan fingerprint density at radius 2 is 1.76 bits per heavy atom. The summed E-state index contributed by atoms with van der Waals surface area (Å²) >= 11 is 1.13. The summed E-state index contributed by atoms with van der Waals surface area (Å²) < 4.78 is 5.34. The van der Waals surface area contributed by atoms with Crippen molar-refractivity contribution in [3.63, 3.8) is 0 Å². The number of morpholine rings is 1. The fourth-order valence-electron chi connectivity index (χ4n) is 4.51. The lowest BCUT2D eigenvalue weighted by molar-refractivity contribution is -0.384. The molecule has 0 unspecified atom stereocenters.